The Morgan fingerprint density at radius 1 is 0.559 bits per heavy atom. The predicted octanol–water partition coefficient (Wildman–Crippen LogP) is 9.62. The highest BCUT2D eigenvalue weighted by Crippen LogP contribution is 2.36. The average molecular weight is 519 g/mol. The van der Waals surface area contributed by atoms with Gasteiger partial charge in [0.2, 0.25) is 0 Å². The van der Waals surface area contributed by atoms with E-state index in [1.807, 2.05) is 12.1 Å². The van der Waals surface area contributed by atoms with Crippen molar-refractivity contribution in [2.24, 2.45) is 0 Å². The van der Waals surface area contributed by atoms with Crippen molar-refractivity contribution >= 4 is 69.7 Å². The van der Waals surface area contributed by atoms with Crippen LogP contribution in [-0.4, -0.2) is 14.2 Å². The molecule has 5 aromatic rings. The second-order valence-corrected chi connectivity index (χ2v) is 11.5. The summed E-state index contributed by atoms with van der Waals surface area (Å²) in [6.45, 7) is 0. The molecule has 34 heavy (non-hydrogen) atoms. The van der Waals surface area contributed by atoms with Gasteiger partial charge in [-0.25, -0.2) is 0 Å². The van der Waals surface area contributed by atoms with E-state index < -0.39 is 0 Å². The van der Waals surface area contributed by atoms with Gasteiger partial charge in [0.25, 0.3) is 0 Å². The number of hydrogen-bond acceptors (Lipinski definition) is 6. The van der Waals surface area contributed by atoms with Crippen LogP contribution in [0.5, 0.6) is 11.5 Å². The van der Waals surface area contributed by atoms with E-state index in [0.29, 0.717) is 0 Å². The SMILES string of the molecule is COc1cc(/C=C/c2ccc(-c3cccs3)s2)c(OC)cc1/C=C/c1ccc(-c2cccs2)s1. The van der Waals surface area contributed by atoms with Crippen LogP contribution in [0.4, 0.5) is 0 Å². The van der Waals surface area contributed by atoms with Crippen LogP contribution in [0.2, 0.25) is 0 Å². The second-order valence-electron chi connectivity index (χ2n) is 7.36. The minimum Gasteiger partial charge on any atom is -0.496 e. The quantitative estimate of drug-likeness (QED) is 0.204. The summed E-state index contributed by atoms with van der Waals surface area (Å²) >= 11 is 7.10. The molecule has 0 aliphatic rings. The summed E-state index contributed by atoms with van der Waals surface area (Å²) in [7, 11) is 3.42. The molecule has 0 saturated heterocycles. The van der Waals surface area contributed by atoms with Crippen molar-refractivity contribution in [3.05, 3.63) is 92.3 Å². The third kappa shape index (κ3) is 5.10. The fourth-order valence-electron chi connectivity index (χ4n) is 3.54. The molecule has 0 amide bonds. The van der Waals surface area contributed by atoms with Crippen molar-refractivity contribution in [3.8, 4) is 31.0 Å². The molecular weight excluding hydrogens is 497 g/mol. The molecule has 6 heteroatoms. The van der Waals surface area contributed by atoms with Crippen LogP contribution in [0, 0.1) is 0 Å². The lowest BCUT2D eigenvalue weighted by molar-refractivity contribution is 0.401. The Hall–Kier alpha value is -2.90. The molecule has 0 spiro atoms. The Morgan fingerprint density at radius 2 is 1.03 bits per heavy atom. The number of methoxy groups -OCH3 is 2. The third-order valence-corrected chi connectivity index (χ3v) is 9.45. The molecule has 0 atom stereocenters. The van der Waals surface area contributed by atoms with Crippen LogP contribution in [-0.2, 0) is 0 Å². The van der Waals surface area contributed by atoms with Gasteiger partial charge in [-0.15, -0.1) is 45.3 Å². The van der Waals surface area contributed by atoms with Crippen LogP contribution >= 0.6 is 45.3 Å². The molecule has 4 heterocycles. The Bertz CT molecular complexity index is 1310. The van der Waals surface area contributed by atoms with E-state index in [4.69, 9.17) is 9.47 Å². The molecule has 0 unspecified atom stereocenters. The molecule has 0 fully saturated rings. The fraction of sp³-hybridized carbons (Fsp3) is 0.0714. The molecule has 4 aromatic heterocycles. The molecule has 1 aromatic carbocycles. The van der Waals surface area contributed by atoms with Crippen molar-refractivity contribution in [1.82, 2.24) is 0 Å². The molecule has 0 aliphatic heterocycles. The highest BCUT2D eigenvalue weighted by atomic mass is 32.1. The first-order valence-corrected chi connectivity index (χ1v) is 14.0. The van der Waals surface area contributed by atoms with E-state index in [2.05, 4.69) is 83.6 Å². The molecule has 0 saturated carbocycles. The van der Waals surface area contributed by atoms with E-state index in [9.17, 15) is 0 Å². The summed E-state index contributed by atoms with van der Waals surface area (Å²) in [6.07, 6.45) is 8.44. The van der Waals surface area contributed by atoms with Crippen LogP contribution in [0.25, 0.3) is 43.8 Å². The smallest absolute Gasteiger partial charge is 0.126 e. The summed E-state index contributed by atoms with van der Waals surface area (Å²) in [5.74, 6) is 1.63. The second kappa shape index (κ2) is 10.6. The van der Waals surface area contributed by atoms with E-state index >= 15 is 0 Å². The molecule has 5 rings (SSSR count). The largest absolute Gasteiger partial charge is 0.496 e. The van der Waals surface area contributed by atoms with E-state index in [1.54, 1.807) is 59.6 Å². The minimum atomic E-state index is 0.817. The molecule has 0 aliphatic carbocycles. The number of thiophene rings is 4. The third-order valence-electron chi connectivity index (χ3n) is 5.22. The zero-order chi connectivity index (χ0) is 23.3. The Kier molecular flexibility index (Phi) is 7.11. The maximum Gasteiger partial charge on any atom is 0.126 e. The molecule has 0 N–H and O–H groups in total. The summed E-state index contributed by atoms with van der Waals surface area (Å²) in [4.78, 5) is 7.58. The molecule has 170 valence electrons. The standard InChI is InChI=1S/C28H22O2S4/c1-29-23-17-20(8-10-22-12-14-28(34-22)26-6-4-16-32-26)24(30-2)18-19(23)7-9-21-11-13-27(33-21)25-5-3-15-31-25/h3-18H,1-2H3/b9-7+,10-8+. The van der Waals surface area contributed by atoms with Crippen LogP contribution < -0.4 is 9.47 Å². The number of ether oxygens (including phenoxy) is 2. The monoisotopic (exact) mass is 518 g/mol. The van der Waals surface area contributed by atoms with Gasteiger partial charge in [-0.1, -0.05) is 12.1 Å². The number of benzene rings is 1. The summed E-state index contributed by atoms with van der Waals surface area (Å²) < 4.78 is 11.4. The van der Waals surface area contributed by atoms with Gasteiger partial charge in [0, 0.05) is 40.4 Å². The average Bonchev–Trinajstić information content (AvgIpc) is 3.68. The number of rotatable bonds is 8. The maximum atomic E-state index is 5.71. The van der Waals surface area contributed by atoms with Crippen molar-refractivity contribution in [2.75, 3.05) is 14.2 Å². The number of hydrogen-bond donors (Lipinski definition) is 0. The Labute approximate surface area is 215 Å². The molecular formula is C28H22O2S4. The van der Waals surface area contributed by atoms with Crippen LogP contribution in [0.15, 0.2) is 71.4 Å². The summed E-state index contributed by atoms with van der Waals surface area (Å²) in [5, 5.41) is 4.22. The van der Waals surface area contributed by atoms with Crippen molar-refractivity contribution in [2.45, 2.75) is 0 Å². The fourth-order valence-corrected chi connectivity index (χ4v) is 7.03. The lowest BCUT2D eigenvalue weighted by atomic mass is 10.1. The maximum absolute atomic E-state index is 5.71. The normalized spacial score (nSPS) is 11.6. The zero-order valence-electron chi connectivity index (χ0n) is 18.7. The topological polar surface area (TPSA) is 18.5 Å². The molecule has 0 radical (unpaired) electrons. The van der Waals surface area contributed by atoms with E-state index in [-0.39, 0.29) is 0 Å². The predicted molar refractivity (Wildman–Crippen MR) is 153 cm³/mol. The van der Waals surface area contributed by atoms with Gasteiger partial charge in [0.1, 0.15) is 11.5 Å². The highest BCUT2D eigenvalue weighted by molar-refractivity contribution is 7.22. The van der Waals surface area contributed by atoms with E-state index in [0.717, 1.165) is 22.6 Å². The lowest BCUT2D eigenvalue weighted by Gasteiger charge is -2.11. The van der Waals surface area contributed by atoms with Gasteiger partial charge in [0.05, 0.1) is 14.2 Å². The lowest BCUT2D eigenvalue weighted by Crippen LogP contribution is -1.93. The van der Waals surface area contributed by atoms with Crippen molar-refractivity contribution in [1.29, 1.82) is 0 Å². The first-order valence-electron chi connectivity index (χ1n) is 10.6. The van der Waals surface area contributed by atoms with Gasteiger partial charge >= 0.3 is 0 Å². The van der Waals surface area contributed by atoms with E-state index in [1.165, 1.54) is 29.3 Å². The molecule has 2 nitrogen and oxygen atoms in total. The zero-order valence-corrected chi connectivity index (χ0v) is 22.0. The van der Waals surface area contributed by atoms with Gasteiger partial charge < -0.3 is 9.47 Å². The Morgan fingerprint density at radius 3 is 1.41 bits per heavy atom. The van der Waals surface area contributed by atoms with Gasteiger partial charge in [0.15, 0.2) is 0 Å². The summed E-state index contributed by atoms with van der Waals surface area (Å²) in [5.41, 5.74) is 1.97. The summed E-state index contributed by atoms with van der Waals surface area (Å²) in [6, 6.07) is 21.2. The van der Waals surface area contributed by atoms with Crippen LogP contribution in [0.1, 0.15) is 20.9 Å². The first-order chi connectivity index (χ1) is 16.7. The molecule has 0 bridgehead atoms. The Balaban J connectivity index is 1.38. The highest BCUT2D eigenvalue weighted by Gasteiger charge is 2.09. The van der Waals surface area contributed by atoms with Gasteiger partial charge in [-0.2, -0.15) is 0 Å². The van der Waals surface area contributed by atoms with Crippen molar-refractivity contribution < 1.29 is 9.47 Å². The first kappa shape index (κ1) is 22.9. The van der Waals surface area contributed by atoms with Gasteiger partial charge in [-0.05, 0) is 83.6 Å². The van der Waals surface area contributed by atoms with Crippen LogP contribution in [0.3, 0.4) is 0 Å². The van der Waals surface area contributed by atoms with Crippen molar-refractivity contribution in [3.63, 3.8) is 0 Å². The minimum absolute atomic E-state index is 0.817. The van der Waals surface area contributed by atoms with Gasteiger partial charge in [-0.3, -0.25) is 0 Å².